The molecule has 1 aliphatic heterocycles. The average Bonchev–Trinajstić information content (AvgIpc) is 2.17. The molecule has 1 heterocycles. The molecule has 1 unspecified atom stereocenters. The summed E-state index contributed by atoms with van der Waals surface area (Å²) in [7, 11) is 0. The zero-order valence-corrected chi connectivity index (χ0v) is 10.2. The van der Waals surface area contributed by atoms with E-state index in [1.807, 2.05) is 0 Å². The van der Waals surface area contributed by atoms with Gasteiger partial charge in [0.25, 0.3) is 0 Å². The van der Waals surface area contributed by atoms with Gasteiger partial charge in [-0.25, -0.2) is 0 Å². The molecule has 0 bridgehead atoms. The predicted octanol–water partition coefficient (Wildman–Crippen LogP) is 1.54. The Labute approximate surface area is 93.0 Å². The highest BCUT2D eigenvalue weighted by molar-refractivity contribution is 5.76. The SMILES string of the molecule is CC(C)CC(=O)NC(C)C1CCNCC1. The number of nitrogens with one attached hydrogen (secondary N) is 2. The molecule has 1 fully saturated rings. The molecule has 0 radical (unpaired) electrons. The molecule has 3 nitrogen and oxygen atoms in total. The van der Waals surface area contributed by atoms with Crippen molar-refractivity contribution in [3.8, 4) is 0 Å². The number of carbonyl (C=O) groups excluding carboxylic acids is 1. The third kappa shape index (κ3) is 4.65. The molecule has 0 spiro atoms. The molecule has 0 aromatic heterocycles. The van der Waals surface area contributed by atoms with E-state index in [0.717, 1.165) is 13.1 Å². The second kappa shape index (κ2) is 6.11. The molecule has 15 heavy (non-hydrogen) atoms. The molecule has 0 aromatic carbocycles. The molecule has 1 rings (SSSR count). The minimum atomic E-state index is 0.205. The first-order valence-corrected chi connectivity index (χ1v) is 6.09. The zero-order chi connectivity index (χ0) is 11.3. The van der Waals surface area contributed by atoms with Crippen LogP contribution in [0.1, 0.15) is 40.0 Å². The van der Waals surface area contributed by atoms with Crippen LogP contribution in [0.3, 0.4) is 0 Å². The zero-order valence-electron chi connectivity index (χ0n) is 10.2. The normalized spacial score (nSPS) is 20.3. The summed E-state index contributed by atoms with van der Waals surface area (Å²) in [6.07, 6.45) is 3.02. The van der Waals surface area contributed by atoms with Crippen LogP contribution < -0.4 is 10.6 Å². The molecular formula is C12H24N2O. The third-order valence-corrected chi connectivity index (χ3v) is 3.07. The van der Waals surface area contributed by atoms with Crippen LogP contribution in [0.25, 0.3) is 0 Å². The fourth-order valence-corrected chi connectivity index (χ4v) is 2.15. The Morgan fingerprint density at radius 1 is 1.33 bits per heavy atom. The molecule has 1 saturated heterocycles. The molecular weight excluding hydrogens is 188 g/mol. The summed E-state index contributed by atoms with van der Waals surface area (Å²) >= 11 is 0. The quantitative estimate of drug-likeness (QED) is 0.742. The Balaban J connectivity index is 2.27. The number of amides is 1. The summed E-state index contributed by atoms with van der Waals surface area (Å²) in [5.74, 6) is 1.31. The van der Waals surface area contributed by atoms with Crippen molar-refractivity contribution in [2.24, 2.45) is 11.8 Å². The van der Waals surface area contributed by atoms with Crippen molar-refractivity contribution < 1.29 is 4.79 Å². The molecule has 0 aromatic rings. The molecule has 1 aliphatic rings. The lowest BCUT2D eigenvalue weighted by molar-refractivity contribution is -0.122. The fraction of sp³-hybridized carbons (Fsp3) is 0.917. The van der Waals surface area contributed by atoms with E-state index in [1.54, 1.807) is 0 Å². The number of rotatable bonds is 4. The van der Waals surface area contributed by atoms with E-state index >= 15 is 0 Å². The van der Waals surface area contributed by atoms with E-state index in [2.05, 4.69) is 31.4 Å². The minimum Gasteiger partial charge on any atom is -0.353 e. The van der Waals surface area contributed by atoms with Crippen molar-refractivity contribution in [3.05, 3.63) is 0 Å². The van der Waals surface area contributed by atoms with Gasteiger partial charge in [0.2, 0.25) is 5.91 Å². The summed E-state index contributed by atoms with van der Waals surface area (Å²) in [6, 6.07) is 0.332. The minimum absolute atomic E-state index is 0.205. The highest BCUT2D eigenvalue weighted by Crippen LogP contribution is 2.16. The van der Waals surface area contributed by atoms with Crippen LogP contribution in [0, 0.1) is 11.8 Å². The second-order valence-electron chi connectivity index (χ2n) is 5.04. The lowest BCUT2D eigenvalue weighted by atomic mass is 9.91. The van der Waals surface area contributed by atoms with Crippen LogP contribution in [0.4, 0.5) is 0 Å². The lowest BCUT2D eigenvalue weighted by Crippen LogP contribution is -2.42. The number of piperidine rings is 1. The maximum atomic E-state index is 11.6. The van der Waals surface area contributed by atoms with Gasteiger partial charge in [-0.05, 0) is 44.7 Å². The van der Waals surface area contributed by atoms with Gasteiger partial charge in [0, 0.05) is 12.5 Å². The van der Waals surface area contributed by atoms with E-state index in [1.165, 1.54) is 12.8 Å². The Hall–Kier alpha value is -0.570. The maximum absolute atomic E-state index is 11.6. The van der Waals surface area contributed by atoms with E-state index in [0.29, 0.717) is 24.3 Å². The molecule has 1 amide bonds. The first-order chi connectivity index (χ1) is 7.09. The lowest BCUT2D eigenvalue weighted by Gasteiger charge is -2.29. The predicted molar refractivity (Wildman–Crippen MR) is 62.7 cm³/mol. The van der Waals surface area contributed by atoms with Crippen molar-refractivity contribution in [2.45, 2.75) is 46.1 Å². The molecule has 0 saturated carbocycles. The summed E-state index contributed by atoms with van der Waals surface area (Å²) in [5, 5.41) is 6.46. The summed E-state index contributed by atoms with van der Waals surface area (Å²) in [6.45, 7) is 8.47. The van der Waals surface area contributed by atoms with Gasteiger partial charge in [0.05, 0.1) is 0 Å². The van der Waals surface area contributed by atoms with Crippen LogP contribution in [0.5, 0.6) is 0 Å². The molecule has 88 valence electrons. The van der Waals surface area contributed by atoms with Crippen LogP contribution in [0.2, 0.25) is 0 Å². The fourth-order valence-electron chi connectivity index (χ4n) is 2.15. The standard InChI is InChI=1S/C12H24N2O/c1-9(2)8-12(15)14-10(3)11-4-6-13-7-5-11/h9-11,13H,4-8H2,1-3H3,(H,14,15). The highest BCUT2D eigenvalue weighted by atomic mass is 16.1. The van der Waals surface area contributed by atoms with Gasteiger partial charge in [0.15, 0.2) is 0 Å². The van der Waals surface area contributed by atoms with E-state index in [9.17, 15) is 4.79 Å². The topological polar surface area (TPSA) is 41.1 Å². The highest BCUT2D eigenvalue weighted by Gasteiger charge is 2.21. The van der Waals surface area contributed by atoms with Crippen molar-refractivity contribution in [1.82, 2.24) is 10.6 Å². The van der Waals surface area contributed by atoms with Gasteiger partial charge >= 0.3 is 0 Å². The van der Waals surface area contributed by atoms with Crippen LogP contribution in [-0.2, 0) is 4.79 Å². The smallest absolute Gasteiger partial charge is 0.220 e. The number of hydrogen-bond acceptors (Lipinski definition) is 2. The first kappa shape index (κ1) is 12.5. The van der Waals surface area contributed by atoms with Gasteiger partial charge in [-0.3, -0.25) is 4.79 Å². The van der Waals surface area contributed by atoms with Crippen LogP contribution >= 0.6 is 0 Å². The summed E-state index contributed by atoms with van der Waals surface area (Å²) in [5.41, 5.74) is 0. The van der Waals surface area contributed by atoms with Gasteiger partial charge < -0.3 is 10.6 Å². The van der Waals surface area contributed by atoms with E-state index in [-0.39, 0.29) is 5.91 Å². The Bertz CT molecular complexity index is 198. The van der Waals surface area contributed by atoms with Gasteiger partial charge in [-0.15, -0.1) is 0 Å². The van der Waals surface area contributed by atoms with Crippen molar-refractivity contribution in [1.29, 1.82) is 0 Å². The average molecular weight is 212 g/mol. The molecule has 2 N–H and O–H groups in total. The monoisotopic (exact) mass is 212 g/mol. The van der Waals surface area contributed by atoms with Crippen LogP contribution in [-0.4, -0.2) is 25.0 Å². The first-order valence-electron chi connectivity index (χ1n) is 6.09. The largest absolute Gasteiger partial charge is 0.353 e. The molecule has 3 heteroatoms. The Morgan fingerprint density at radius 3 is 2.47 bits per heavy atom. The number of carbonyl (C=O) groups is 1. The maximum Gasteiger partial charge on any atom is 0.220 e. The number of hydrogen-bond donors (Lipinski definition) is 2. The van der Waals surface area contributed by atoms with Crippen LogP contribution in [0.15, 0.2) is 0 Å². The third-order valence-electron chi connectivity index (χ3n) is 3.07. The van der Waals surface area contributed by atoms with Crippen molar-refractivity contribution >= 4 is 5.91 Å². The van der Waals surface area contributed by atoms with Gasteiger partial charge in [0.1, 0.15) is 0 Å². The van der Waals surface area contributed by atoms with E-state index in [4.69, 9.17) is 0 Å². The van der Waals surface area contributed by atoms with E-state index < -0.39 is 0 Å². The Kier molecular flexibility index (Phi) is 5.09. The van der Waals surface area contributed by atoms with Gasteiger partial charge in [-0.1, -0.05) is 13.8 Å². The Morgan fingerprint density at radius 2 is 1.93 bits per heavy atom. The van der Waals surface area contributed by atoms with Crippen molar-refractivity contribution in [2.75, 3.05) is 13.1 Å². The second-order valence-corrected chi connectivity index (χ2v) is 5.04. The summed E-state index contributed by atoms with van der Waals surface area (Å²) in [4.78, 5) is 11.6. The molecule has 1 atom stereocenters. The van der Waals surface area contributed by atoms with Crippen molar-refractivity contribution in [3.63, 3.8) is 0 Å². The van der Waals surface area contributed by atoms with Gasteiger partial charge in [-0.2, -0.15) is 0 Å². The molecule has 0 aliphatic carbocycles. The summed E-state index contributed by atoms with van der Waals surface area (Å²) < 4.78 is 0.